The molecule has 102 valence electrons. The normalized spacial score (nSPS) is 12.6. The van der Waals surface area contributed by atoms with Gasteiger partial charge in [-0.05, 0) is 31.0 Å². The molecule has 0 bridgehead atoms. The highest BCUT2D eigenvalue weighted by molar-refractivity contribution is 6.30. The van der Waals surface area contributed by atoms with Crippen LogP contribution in [0.5, 0.6) is 0 Å². The van der Waals surface area contributed by atoms with Crippen LogP contribution in [0.2, 0.25) is 5.02 Å². The van der Waals surface area contributed by atoms with Crippen LogP contribution in [0.4, 0.5) is 0 Å². The molecular weight excluding hydrogens is 258 g/mol. The molecule has 0 amide bonds. The van der Waals surface area contributed by atoms with Gasteiger partial charge in [0.25, 0.3) is 0 Å². The summed E-state index contributed by atoms with van der Waals surface area (Å²) in [6.07, 6.45) is 4.90. The van der Waals surface area contributed by atoms with Crippen molar-refractivity contribution in [2.45, 2.75) is 39.4 Å². The van der Waals surface area contributed by atoms with E-state index in [1.807, 2.05) is 24.5 Å². The molecule has 1 unspecified atom stereocenters. The fraction of sp³-hybridized carbons (Fsp3) is 0.400. The Kier molecular flexibility index (Phi) is 5.00. The van der Waals surface area contributed by atoms with Gasteiger partial charge >= 0.3 is 0 Å². The summed E-state index contributed by atoms with van der Waals surface area (Å²) in [5.74, 6) is 1.08. The van der Waals surface area contributed by atoms with Crippen molar-refractivity contribution in [2.75, 3.05) is 0 Å². The molecule has 1 heterocycles. The number of halogens is 1. The van der Waals surface area contributed by atoms with E-state index in [9.17, 15) is 0 Å². The molecule has 0 spiro atoms. The summed E-state index contributed by atoms with van der Waals surface area (Å²) in [7, 11) is 0. The average Bonchev–Trinajstić information content (AvgIpc) is 2.89. The highest BCUT2D eigenvalue weighted by atomic mass is 35.5. The molecule has 0 saturated carbocycles. The first-order valence-corrected chi connectivity index (χ1v) is 7.11. The topological polar surface area (TPSA) is 29.9 Å². The number of aromatic nitrogens is 2. The molecule has 3 nitrogen and oxygen atoms in total. The summed E-state index contributed by atoms with van der Waals surface area (Å²) in [6, 6.07) is 8.37. The van der Waals surface area contributed by atoms with Crippen LogP contribution in [-0.4, -0.2) is 9.55 Å². The number of hydrogen-bond acceptors (Lipinski definition) is 2. The Morgan fingerprint density at radius 1 is 1.26 bits per heavy atom. The van der Waals surface area contributed by atoms with Gasteiger partial charge in [-0.2, -0.15) is 0 Å². The van der Waals surface area contributed by atoms with Crippen molar-refractivity contribution in [3.63, 3.8) is 0 Å². The zero-order chi connectivity index (χ0) is 13.7. The Bertz CT molecular complexity index is 504. The summed E-state index contributed by atoms with van der Waals surface area (Å²) in [4.78, 5) is 4.38. The number of nitrogens with zero attached hydrogens (tertiary/aromatic N) is 2. The van der Waals surface area contributed by atoms with E-state index in [1.54, 1.807) is 0 Å². The minimum atomic E-state index is 0.333. The number of nitrogens with one attached hydrogen (secondary N) is 1. The molecule has 1 atom stereocenters. The molecule has 0 saturated heterocycles. The molecule has 0 aliphatic rings. The van der Waals surface area contributed by atoms with E-state index in [0.717, 1.165) is 30.4 Å². The molecule has 1 aromatic carbocycles. The lowest BCUT2D eigenvalue weighted by molar-refractivity contribution is 0.497. The van der Waals surface area contributed by atoms with Crippen molar-refractivity contribution in [3.8, 4) is 0 Å². The lowest BCUT2D eigenvalue weighted by atomic mass is 10.0. The highest BCUT2D eigenvalue weighted by Crippen LogP contribution is 2.19. The Morgan fingerprint density at radius 3 is 2.63 bits per heavy atom. The van der Waals surface area contributed by atoms with Crippen molar-refractivity contribution in [2.24, 2.45) is 0 Å². The van der Waals surface area contributed by atoms with Gasteiger partial charge in [-0.15, -0.1) is 0 Å². The third kappa shape index (κ3) is 3.58. The van der Waals surface area contributed by atoms with Crippen LogP contribution in [0.1, 0.15) is 37.7 Å². The maximum Gasteiger partial charge on any atom is 0.122 e. The minimum absolute atomic E-state index is 0.333. The number of benzene rings is 1. The van der Waals surface area contributed by atoms with Crippen LogP contribution in [-0.2, 0) is 13.1 Å². The molecular formula is C15H20ClN3. The molecule has 0 aliphatic heterocycles. The van der Waals surface area contributed by atoms with Gasteiger partial charge in [0, 0.05) is 30.0 Å². The van der Waals surface area contributed by atoms with E-state index in [4.69, 9.17) is 11.6 Å². The summed E-state index contributed by atoms with van der Waals surface area (Å²) in [5, 5.41) is 4.33. The van der Waals surface area contributed by atoms with Gasteiger partial charge in [0.05, 0.1) is 6.54 Å². The van der Waals surface area contributed by atoms with Gasteiger partial charge in [0.1, 0.15) is 5.82 Å². The largest absolute Gasteiger partial charge is 0.334 e. The zero-order valence-corrected chi connectivity index (χ0v) is 12.2. The van der Waals surface area contributed by atoms with E-state index in [1.165, 1.54) is 5.56 Å². The van der Waals surface area contributed by atoms with Crippen molar-refractivity contribution in [1.29, 1.82) is 0 Å². The molecule has 0 radical (unpaired) electrons. The molecule has 2 rings (SSSR count). The second-order valence-electron chi connectivity index (χ2n) is 4.52. The summed E-state index contributed by atoms with van der Waals surface area (Å²) < 4.78 is 2.15. The number of rotatable bonds is 6. The molecule has 0 aliphatic carbocycles. The standard InChI is InChI=1S/C15H20ClN3/c1-3-14(12-5-7-13(16)8-6-12)18-11-15-17-9-10-19(15)4-2/h5-10,14,18H,3-4,11H2,1-2H3. The maximum atomic E-state index is 5.92. The lowest BCUT2D eigenvalue weighted by Gasteiger charge is -2.17. The SMILES string of the molecule is CCC(NCc1nccn1CC)c1ccc(Cl)cc1. The second-order valence-corrected chi connectivity index (χ2v) is 4.96. The Balaban J connectivity index is 2.01. The van der Waals surface area contributed by atoms with Crippen molar-refractivity contribution < 1.29 is 0 Å². The third-order valence-electron chi connectivity index (χ3n) is 3.33. The van der Waals surface area contributed by atoms with Crippen LogP contribution in [0, 0.1) is 0 Å². The van der Waals surface area contributed by atoms with Gasteiger partial charge < -0.3 is 9.88 Å². The predicted octanol–water partition coefficient (Wildman–Crippen LogP) is 3.80. The predicted molar refractivity (Wildman–Crippen MR) is 79.2 cm³/mol. The van der Waals surface area contributed by atoms with E-state index in [0.29, 0.717) is 6.04 Å². The van der Waals surface area contributed by atoms with Crippen molar-refractivity contribution in [1.82, 2.24) is 14.9 Å². The van der Waals surface area contributed by atoms with Gasteiger partial charge in [0.2, 0.25) is 0 Å². The Hall–Kier alpha value is -1.32. The molecule has 19 heavy (non-hydrogen) atoms. The fourth-order valence-electron chi connectivity index (χ4n) is 2.20. The molecule has 2 aromatic rings. The maximum absolute atomic E-state index is 5.92. The van der Waals surface area contributed by atoms with Crippen LogP contribution in [0.25, 0.3) is 0 Å². The summed E-state index contributed by atoms with van der Waals surface area (Å²) >= 11 is 5.92. The van der Waals surface area contributed by atoms with Crippen LogP contribution in [0.3, 0.4) is 0 Å². The van der Waals surface area contributed by atoms with E-state index < -0.39 is 0 Å². The lowest BCUT2D eigenvalue weighted by Crippen LogP contribution is -2.22. The Morgan fingerprint density at radius 2 is 2.00 bits per heavy atom. The van der Waals surface area contributed by atoms with Crippen LogP contribution in [0.15, 0.2) is 36.7 Å². The highest BCUT2D eigenvalue weighted by Gasteiger charge is 2.10. The van der Waals surface area contributed by atoms with E-state index in [2.05, 4.69) is 40.8 Å². The van der Waals surface area contributed by atoms with Gasteiger partial charge in [0.15, 0.2) is 0 Å². The van der Waals surface area contributed by atoms with E-state index >= 15 is 0 Å². The first-order valence-electron chi connectivity index (χ1n) is 6.73. The monoisotopic (exact) mass is 277 g/mol. The van der Waals surface area contributed by atoms with Crippen LogP contribution >= 0.6 is 11.6 Å². The average molecular weight is 278 g/mol. The van der Waals surface area contributed by atoms with Gasteiger partial charge in [-0.3, -0.25) is 0 Å². The second kappa shape index (κ2) is 6.73. The fourth-order valence-corrected chi connectivity index (χ4v) is 2.33. The van der Waals surface area contributed by atoms with E-state index in [-0.39, 0.29) is 0 Å². The first-order chi connectivity index (χ1) is 9.24. The number of hydrogen-bond donors (Lipinski definition) is 1. The van der Waals surface area contributed by atoms with Gasteiger partial charge in [-0.1, -0.05) is 30.7 Å². The molecule has 1 aromatic heterocycles. The quantitative estimate of drug-likeness (QED) is 0.870. The minimum Gasteiger partial charge on any atom is -0.334 e. The van der Waals surface area contributed by atoms with Crippen LogP contribution < -0.4 is 5.32 Å². The summed E-state index contributed by atoms with van der Waals surface area (Å²) in [5.41, 5.74) is 1.27. The van der Waals surface area contributed by atoms with Gasteiger partial charge in [-0.25, -0.2) is 4.98 Å². The van der Waals surface area contributed by atoms with Crippen molar-refractivity contribution >= 4 is 11.6 Å². The molecule has 0 fully saturated rings. The molecule has 1 N–H and O–H groups in total. The first kappa shape index (κ1) is 14.1. The Labute approximate surface area is 119 Å². The van der Waals surface area contributed by atoms with Crippen molar-refractivity contribution in [3.05, 3.63) is 53.1 Å². The zero-order valence-electron chi connectivity index (χ0n) is 11.4. The third-order valence-corrected chi connectivity index (χ3v) is 3.58. The summed E-state index contributed by atoms with van der Waals surface area (Å²) in [6.45, 7) is 6.04. The number of imidazole rings is 1. The molecule has 4 heteroatoms. The smallest absolute Gasteiger partial charge is 0.122 e. The number of aryl methyl sites for hydroxylation is 1.